The van der Waals surface area contributed by atoms with Crippen LogP contribution in [0.1, 0.15) is 22.5 Å². The number of rotatable bonds is 6. The average Bonchev–Trinajstić information content (AvgIpc) is 3.19. The number of nitrogens with one attached hydrogen (secondary N) is 2. The number of aromatic nitrogens is 4. The third kappa shape index (κ3) is 3.85. The van der Waals surface area contributed by atoms with E-state index in [1.807, 2.05) is 35.9 Å². The van der Waals surface area contributed by atoms with E-state index in [1.165, 1.54) is 5.56 Å². The lowest BCUT2D eigenvalue weighted by Crippen LogP contribution is -2.25. The second-order valence-corrected chi connectivity index (χ2v) is 5.43. The highest BCUT2D eigenvalue weighted by molar-refractivity contribution is 5.78. The zero-order valence-corrected chi connectivity index (χ0v) is 13.0. The van der Waals surface area contributed by atoms with Crippen LogP contribution in [0.5, 0.6) is 0 Å². The molecule has 0 bridgehead atoms. The monoisotopic (exact) mass is 309 g/mol. The van der Waals surface area contributed by atoms with E-state index in [9.17, 15) is 4.79 Å². The van der Waals surface area contributed by atoms with Crippen molar-refractivity contribution in [3.63, 3.8) is 0 Å². The number of H-pyrrole nitrogens is 1. The van der Waals surface area contributed by atoms with Crippen LogP contribution in [-0.2, 0) is 24.3 Å². The van der Waals surface area contributed by atoms with E-state index in [4.69, 9.17) is 0 Å². The highest BCUT2D eigenvalue weighted by Crippen LogP contribution is 2.11. The predicted octanol–water partition coefficient (Wildman–Crippen LogP) is 1.82. The van der Waals surface area contributed by atoms with Crippen LogP contribution in [0.15, 0.2) is 49.3 Å². The van der Waals surface area contributed by atoms with Crippen molar-refractivity contribution in [2.24, 2.45) is 0 Å². The van der Waals surface area contributed by atoms with Gasteiger partial charge in [0.25, 0.3) is 0 Å². The molecule has 2 N–H and O–H groups in total. The zero-order valence-electron chi connectivity index (χ0n) is 13.0. The number of hydrogen-bond donors (Lipinski definition) is 2. The fraction of sp³-hybridized carbons (Fsp3) is 0.235. The molecule has 23 heavy (non-hydrogen) atoms. The lowest BCUT2D eigenvalue weighted by Gasteiger charge is -2.11. The summed E-state index contributed by atoms with van der Waals surface area (Å²) in [7, 11) is 0. The van der Waals surface area contributed by atoms with Crippen LogP contribution >= 0.6 is 0 Å². The summed E-state index contributed by atoms with van der Waals surface area (Å²) < 4.78 is 2.01. The maximum Gasteiger partial charge on any atom is 0.226 e. The first kappa shape index (κ1) is 15.0. The van der Waals surface area contributed by atoms with Gasteiger partial charge >= 0.3 is 0 Å². The molecule has 0 radical (unpaired) electrons. The molecule has 0 saturated carbocycles. The van der Waals surface area contributed by atoms with Gasteiger partial charge in [-0.25, -0.2) is 9.97 Å². The van der Waals surface area contributed by atoms with E-state index >= 15 is 0 Å². The first-order valence-corrected chi connectivity index (χ1v) is 7.50. The van der Waals surface area contributed by atoms with Crippen LogP contribution < -0.4 is 5.32 Å². The van der Waals surface area contributed by atoms with Gasteiger partial charge in [-0.2, -0.15) is 0 Å². The maximum atomic E-state index is 12.1. The molecular weight excluding hydrogens is 290 g/mol. The maximum absolute atomic E-state index is 12.1. The van der Waals surface area contributed by atoms with Crippen LogP contribution in [-0.4, -0.2) is 25.4 Å². The number of carbonyl (C=O) groups excluding carboxylic acids is 1. The molecule has 3 rings (SSSR count). The summed E-state index contributed by atoms with van der Waals surface area (Å²) in [4.78, 5) is 23.3. The SMILES string of the molecule is Cc1[nH]cnc1CC(=O)NCc1ccccc1Cn1ccnc1. The molecule has 2 heterocycles. The number of aryl methyl sites for hydroxylation is 1. The van der Waals surface area contributed by atoms with Crippen molar-refractivity contribution < 1.29 is 4.79 Å². The summed E-state index contributed by atoms with van der Waals surface area (Å²) in [5.41, 5.74) is 3.99. The summed E-state index contributed by atoms with van der Waals surface area (Å²) in [6.07, 6.45) is 7.37. The summed E-state index contributed by atoms with van der Waals surface area (Å²) in [6, 6.07) is 8.09. The number of hydrogen-bond acceptors (Lipinski definition) is 3. The standard InChI is InChI=1S/C17H19N5O/c1-13-16(21-11-20-13)8-17(23)19-9-14-4-2-3-5-15(14)10-22-7-6-18-12-22/h2-7,11-12H,8-10H2,1H3,(H,19,23)(H,20,21). The molecule has 1 amide bonds. The lowest BCUT2D eigenvalue weighted by molar-refractivity contribution is -0.120. The van der Waals surface area contributed by atoms with Gasteiger partial charge in [-0.1, -0.05) is 24.3 Å². The highest BCUT2D eigenvalue weighted by atomic mass is 16.1. The molecule has 0 spiro atoms. The minimum atomic E-state index is -0.0300. The van der Waals surface area contributed by atoms with Crippen LogP contribution in [0.25, 0.3) is 0 Å². The Labute approximate surface area is 134 Å². The van der Waals surface area contributed by atoms with Crippen molar-refractivity contribution in [2.75, 3.05) is 0 Å². The van der Waals surface area contributed by atoms with Crippen LogP contribution in [0.2, 0.25) is 0 Å². The van der Waals surface area contributed by atoms with Crippen LogP contribution in [0.4, 0.5) is 0 Å². The Bertz CT molecular complexity index is 776. The van der Waals surface area contributed by atoms with Crippen molar-refractivity contribution >= 4 is 5.91 Å². The molecule has 0 aliphatic rings. The first-order chi connectivity index (χ1) is 11.2. The molecule has 2 aromatic heterocycles. The van der Waals surface area contributed by atoms with Gasteiger partial charge in [0.2, 0.25) is 5.91 Å². The topological polar surface area (TPSA) is 75.6 Å². The van der Waals surface area contributed by atoms with E-state index in [2.05, 4.69) is 26.3 Å². The Morgan fingerprint density at radius 2 is 2.13 bits per heavy atom. The molecule has 0 saturated heterocycles. The van der Waals surface area contributed by atoms with Crippen molar-refractivity contribution in [2.45, 2.75) is 26.4 Å². The van der Waals surface area contributed by atoms with E-state index in [0.717, 1.165) is 23.5 Å². The smallest absolute Gasteiger partial charge is 0.226 e. The molecule has 6 nitrogen and oxygen atoms in total. The summed E-state index contributed by atoms with van der Waals surface area (Å²) >= 11 is 0. The van der Waals surface area contributed by atoms with E-state index < -0.39 is 0 Å². The van der Waals surface area contributed by atoms with Gasteiger partial charge in [0.1, 0.15) is 0 Å². The predicted molar refractivity (Wildman–Crippen MR) is 86.6 cm³/mol. The number of nitrogens with zero attached hydrogens (tertiary/aromatic N) is 3. The lowest BCUT2D eigenvalue weighted by atomic mass is 10.1. The van der Waals surface area contributed by atoms with Crippen molar-refractivity contribution in [3.05, 3.63) is 71.8 Å². The van der Waals surface area contributed by atoms with Gasteiger partial charge in [-0.3, -0.25) is 4.79 Å². The quantitative estimate of drug-likeness (QED) is 0.729. The van der Waals surface area contributed by atoms with Gasteiger partial charge < -0.3 is 14.9 Å². The van der Waals surface area contributed by atoms with Crippen molar-refractivity contribution in [1.82, 2.24) is 24.8 Å². The minimum absolute atomic E-state index is 0.0300. The van der Waals surface area contributed by atoms with Gasteiger partial charge in [-0.15, -0.1) is 0 Å². The average molecular weight is 309 g/mol. The Balaban J connectivity index is 1.62. The first-order valence-electron chi connectivity index (χ1n) is 7.50. The number of aromatic amines is 1. The second kappa shape index (κ2) is 6.91. The van der Waals surface area contributed by atoms with Crippen molar-refractivity contribution in [3.8, 4) is 0 Å². The van der Waals surface area contributed by atoms with Crippen LogP contribution in [0, 0.1) is 6.92 Å². The molecule has 6 heteroatoms. The summed E-state index contributed by atoms with van der Waals surface area (Å²) in [6.45, 7) is 3.16. The Kier molecular flexibility index (Phi) is 4.52. The van der Waals surface area contributed by atoms with Crippen LogP contribution in [0.3, 0.4) is 0 Å². The number of carbonyl (C=O) groups is 1. The Hall–Kier alpha value is -2.89. The molecule has 0 aliphatic carbocycles. The molecule has 118 valence electrons. The van der Waals surface area contributed by atoms with E-state index in [-0.39, 0.29) is 5.91 Å². The fourth-order valence-corrected chi connectivity index (χ4v) is 2.43. The summed E-state index contributed by atoms with van der Waals surface area (Å²) in [5.74, 6) is -0.0300. The zero-order chi connectivity index (χ0) is 16.1. The number of imidazole rings is 2. The van der Waals surface area contributed by atoms with Gasteiger partial charge in [0.05, 0.1) is 24.8 Å². The largest absolute Gasteiger partial charge is 0.352 e. The van der Waals surface area contributed by atoms with E-state index in [1.54, 1.807) is 18.9 Å². The number of amides is 1. The Morgan fingerprint density at radius 1 is 1.30 bits per heavy atom. The minimum Gasteiger partial charge on any atom is -0.352 e. The summed E-state index contributed by atoms with van der Waals surface area (Å²) in [5, 5.41) is 2.97. The normalized spacial score (nSPS) is 10.7. The fourth-order valence-electron chi connectivity index (χ4n) is 2.43. The van der Waals surface area contributed by atoms with E-state index in [0.29, 0.717) is 13.0 Å². The second-order valence-electron chi connectivity index (χ2n) is 5.43. The molecule has 0 atom stereocenters. The van der Waals surface area contributed by atoms with Gasteiger partial charge in [0, 0.05) is 31.2 Å². The molecule has 3 aromatic rings. The Morgan fingerprint density at radius 3 is 2.83 bits per heavy atom. The van der Waals surface area contributed by atoms with Gasteiger partial charge in [0.15, 0.2) is 0 Å². The molecule has 0 aliphatic heterocycles. The third-order valence-corrected chi connectivity index (χ3v) is 3.77. The molecular formula is C17H19N5O. The van der Waals surface area contributed by atoms with Gasteiger partial charge in [-0.05, 0) is 18.1 Å². The third-order valence-electron chi connectivity index (χ3n) is 3.77. The molecule has 0 fully saturated rings. The number of benzene rings is 1. The molecule has 1 aromatic carbocycles. The van der Waals surface area contributed by atoms with Crippen molar-refractivity contribution in [1.29, 1.82) is 0 Å². The highest BCUT2D eigenvalue weighted by Gasteiger charge is 2.09. The molecule has 0 unspecified atom stereocenters.